The lowest BCUT2D eigenvalue weighted by atomic mass is 10.3. The maximum absolute atomic E-state index is 5.30. The van der Waals surface area contributed by atoms with Crippen molar-refractivity contribution in [3.8, 4) is 0 Å². The van der Waals surface area contributed by atoms with Crippen LogP contribution < -0.4 is 5.32 Å². The van der Waals surface area contributed by atoms with Crippen LogP contribution in [0.15, 0.2) is 52.0 Å². The molecule has 0 aliphatic rings. The third-order valence-electron chi connectivity index (χ3n) is 2.42. The molecule has 1 N–H and O–H groups in total. The smallest absolute Gasteiger partial charge is 0.139 e. The number of anilines is 1. The molecular formula is C12H10N2O2. The summed E-state index contributed by atoms with van der Waals surface area (Å²) in [5.74, 6) is 0.826. The van der Waals surface area contributed by atoms with Gasteiger partial charge >= 0.3 is 0 Å². The molecular weight excluding hydrogens is 204 g/mol. The number of rotatable bonds is 3. The van der Waals surface area contributed by atoms with Crippen LogP contribution in [0.25, 0.3) is 11.0 Å². The van der Waals surface area contributed by atoms with Crippen LogP contribution in [0, 0.1) is 0 Å². The van der Waals surface area contributed by atoms with E-state index in [1.807, 2.05) is 18.2 Å². The number of pyridine rings is 1. The molecule has 3 aromatic heterocycles. The molecule has 0 fully saturated rings. The molecule has 0 aliphatic carbocycles. The van der Waals surface area contributed by atoms with Gasteiger partial charge in [-0.1, -0.05) is 0 Å². The number of aromatic nitrogens is 1. The first-order valence-electron chi connectivity index (χ1n) is 5.00. The molecule has 16 heavy (non-hydrogen) atoms. The summed E-state index contributed by atoms with van der Waals surface area (Å²) < 4.78 is 10.3. The summed E-state index contributed by atoms with van der Waals surface area (Å²) in [6.45, 7) is 0.688. The van der Waals surface area contributed by atoms with Gasteiger partial charge in [0.05, 0.1) is 24.2 Å². The highest BCUT2D eigenvalue weighted by Gasteiger charge is 2.04. The average molecular weight is 214 g/mol. The van der Waals surface area contributed by atoms with E-state index in [1.54, 1.807) is 25.0 Å². The van der Waals surface area contributed by atoms with E-state index >= 15 is 0 Å². The predicted molar refractivity (Wildman–Crippen MR) is 60.0 cm³/mol. The first-order chi connectivity index (χ1) is 7.93. The van der Waals surface area contributed by atoms with Crippen molar-refractivity contribution in [2.45, 2.75) is 6.54 Å². The van der Waals surface area contributed by atoms with Crippen molar-refractivity contribution in [3.05, 3.63) is 48.7 Å². The SMILES string of the molecule is c1cc2occc2c(NCc2ccoc2)n1. The standard InChI is InChI=1S/C12H10N2O2/c1-4-13-12(10-3-6-16-11(1)10)14-7-9-2-5-15-8-9/h1-6,8H,7H2,(H,13,14). The summed E-state index contributed by atoms with van der Waals surface area (Å²) in [4.78, 5) is 4.28. The van der Waals surface area contributed by atoms with Crippen molar-refractivity contribution in [2.75, 3.05) is 5.32 Å². The van der Waals surface area contributed by atoms with Gasteiger partial charge in [0.2, 0.25) is 0 Å². The Morgan fingerprint density at radius 1 is 1.19 bits per heavy atom. The number of hydrogen-bond acceptors (Lipinski definition) is 4. The van der Waals surface area contributed by atoms with Gasteiger partial charge < -0.3 is 14.2 Å². The molecule has 4 heteroatoms. The maximum atomic E-state index is 5.30. The minimum atomic E-state index is 0.688. The van der Waals surface area contributed by atoms with Crippen LogP contribution in [0.4, 0.5) is 5.82 Å². The van der Waals surface area contributed by atoms with Crippen LogP contribution in [-0.4, -0.2) is 4.98 Å². The molecule has 0 saturated carbocycles. The average Bonchev–Trinajstić information content (AvgIpc) is 2.97. The van der Waals surface area contributed by atoms with E-state index < -0.39 is 0 Å². The predicted octanol–water partition coefficient (Wildman–Crippen LogP) is 3.03. The Hall–Kier alpha value is -2.23. The molecule has 0 aliphatic heterocycles. The summed E-state index contributed by atoms with van der Waals surface area (Å²) in [7, 11) is 0. The highest BCUT2D eigenvalue weighted by Crippen LogP contribution is 2.22. The van der Waals surface area contributed by atoms with Gasteiger partial charge in [0, 0.05) is 18.3 Å². The summed E-state index contributed by atoms with van der Waals surface area (Å²) in [5.41, 5.74) is 1.92. The fraction of sp³-hybridized carbons (Fsp3) is 0.0833. The van der Waals surface area contributed by atoms with Crippen molar-refractivity contribution in [1.29, 1.82) is 0 Å². The Bertz CT molecular complexity index is 584. The number of fused-ring (bicyclic) bond motifs is 1. The zero-order valence-electron chi connectivity index (χ0n) is 8.51. The van der Waals surface area contributed by atoms with E-state index in [9.17, 15) is 0 Å². The van der Waals surface area contributed by atoms with Crippen LogP contribution in [0.1, 0.15) is 5.56 Å². The molecule has 3 heterocycles. The highest BCUT2D eigenvalue weighted by atomic mass is 16.3. The van der Waals surface area contributed by atoms with Gasteiger partial charge in [-0.3, -0.25) is 0 Å². The normalized spacial score (nSPS) is 10.8. The maximum Gasteiger partial charge on any atom is 0.139 e. The van der Waals surface area contributed by atoms with Crippen molar-refractivity contribution in [2.24, 2.45) is 0 Å². The lowest BCUT2D eigenvalue weighted by Gasteiger charge is -2.03. The third-order valence-corrected chi connectivity index (χ3v) is 2.42. The van der Waals surface area contributed by atoms with Crippen LogP contribution >= 0.6 is 0 Å². The summed E-state index contributed by atoms with van der Waals surface area (Å²) >= 11 is 0. The first-order valence-corrected chi connectivity index (χ1v) is 5.00. The highest BCUT2D eigenvalue weighted by molar-refractivity contribution is 5.87. The van der Waals surface area contributed by atoms with Crippen LogP contribution in [0.2, 0.25) is 0 Å². The number of nitrogens with one attached hydrogen (secondary N) is 1. The summed E-state index contributed by atoms with van der Waals surface area (Å²) in [5, 5.41) is 4.24. The van der Waals surface area contributed by atoms with Gasteiger partial charge in [0.1, 0.15) is 11.4 Å². The second-order valence-electron chi connectivity index (χ2n) is 3.48. The van der Waals surface area contributed by atoms with Gasteiger partial charge in [-0.2, -0.15) is 0 Å². The van der Waals surface area contributed by atoms with Gasteiger partial charge in [-0.15, -0.1) is 0 Å². The number of nitrogens with zero attached hydrogens (tertiary/aromatic N) is 1. The van der Waals surface area contributed by atoms with Crippen molar-refractivity contribution < 1.29 is 8.83 Å². The molecule has 0 unspecified atom stereocenters. The molecule has 3 aromatic rings. The van der Waals surface area contributed by atoms with Crippen molar-refractivity contribution >= 4 is 16.8 Å². The number of furan rings is 2. The topological polar surface area (TPSA) is 51.2 Å². The molecule has 0 spiro atoms. The van der Waals surface area contributed by atoms with Gasteiger partial charge in [-0.05, 0) is 18.2 Å². The first kappa shape index (κ1) is 9.03. The molecule has 0 bridgehead atoms. The second kappa shape index (κ2) is 3.73. The molecule has 3 rings (SSSR count). The molecule has 4 nitrogen and oxygen atoms in total. The lowest BCUT2D eigenvalue weighted by molar-refractivity contribution is 0.564. The Morgan fingerprint density at radius 2 is 2.19 bits per heavy atom. The third kappa shape index (κ3) is 1.54. The zero-order valence-corrected chi connectivity index (χ0v) is 8.51. The van der Waals surface area contributed by atoms with E-state index in [4.69, 9.17) is 8.83 Å². The van der Waals surface area contributed by atoms with Crippen molar-refractivity contribution in [1.82, 2.24) is 4.98 Å². The minimum absolute atomic E-state index is 0.688. The minimum Gasteiger partial charge on any atom is -0.472 e. The number of hydrogen-bond donors (Lipinski definition) is 1. The van der Waals surface area contributed by atoms with Crippen molar-refractivity contribution in [3.63, 3.8) is 0 Å². The molecule has 0 saturated heterocycles. The van der Waals surface area contributed by atoms with E-state index in [-0.39, 0.29) is 0 Å². The van der Waals surface area contributed by atoms with Crippen LogP contribution in [0.5, 0.6) is 0 Å². The lowest BCUT2D eigenvalue weighted by Crippen LogP contribution is -2.00. The van der Waals surface area contributed by atoms with E-state index in [1.165, 1.54) is 0 Å². The van der Waals surface area contributed by atoms with Gasteiger partial charge in [0.25, 0.3) is 0 Å². The Kier molecular flexibility index (Phi) is 2.11. The van der Waals surface area contributed by atoms with Crippen LogP contribution in [-0.2, 0) is 6.54 Å². The fourth-order valence-corrected chi connectivity index (χ4v) is 1.61. The Morgan fingerprint density at radius 3 is 3.06 bits per heavy atom. The van der Waals surface area contributed by atoms with Gasteiger partial charge in [-0.25, -0.2) is 4.98 Å². The quantitative estimate of drug-likeness (QED) is 0.728. The molecule has 0 atom stereocenters. The molecule has 80 valence electrons. The summed E-state index contributed by atoms with van der Waals surface area (Å²) in [6.07, 6.45) is 6.75. The van der Waals surface area contributed by atoms with E-state index in [0.29, 0.717) is 6.54 Å². The molecule has 0 amide bonds. The molecule has 0 aromatic carbocycles. The van der Waals surface area contributed by atoms with E-state index in [0.717, 1.165) is 22.4 Å². The van der Waals surface area contributed by atoms with Gasteiger partial charge in [0.15, 0.2) is 0 Å². The summed E-state index contributed by atoms with van der Waals surface area (Å²) in [6, 6.07) is 5.67. The zero-order chi connectivity index (χ0) is 10.8. The monoisotopic (exact) mass is 214 g/mol. The second-order valence-corrected chi connectivity index (χ2v) is 3.48. The Labute approximate surface area is 91.9 Å². The van der Waals surface area contributed by atoms with E-state index in [2.05, 4.69) is 10.3 Å². The molecule has 0 radical (unpaired) electrons. The Balaban J connectivity index is 1.86. The fourth-order valence-electron chi connectivity index (χ4n) is 1.61. The largest absolute Gasteiger partial charge is 0.472 e. The van der Waals surface area contributed by atoms with Crippen LogP contribution in [0.3, 0.4) is 0 Å².